The summed E-state index contributed by atoms with van der Waals surface area (Å²) < 4.78 is 41.9. The number of benzene rings is 1. The number of rotatable bonds is 9. The van der Waals surface area contributed by atoms with Crippen molar-refractivity contribution in [3.05, 3.63) is 71.8 Å². The first-order valence-corrected chi connectivity index (χ1v) is 12.6. The number of sulfonamides is 1. The molecule has 4 aromatic rings. The molecule has 0 aliphatic rings. The molecule has 4 rings (SSSR count). The van der Waals surface area contributed by atoms with Crippen molar-refractivity contribution in [2.75, 3.05) is 18.9 Å². The molecule has 36 heavy (non-hydrogen) atoms. The van der Waals surface area contributed by atoms with Crippen molar-refractivity contribution in [3.63, 3.8) is 0 Å². The molecule has 0 bridgehead atoms. The fraction of sp³-hybridized carbons (Fsp3) is 0.292. The summed E-state index contributed by atoms with van der Waals surface area (Å²) in [6.45, 7) is 5.31. The van der Waals surface area contributed by atoms with Crippen LogP contribution in [0, 0.1) is 13.8 Å². The van der Waals surface area contributed by atoms with Gasteiger partial charge in [-0.15, -0.1) is 10.2 Å². The van der Waals surface area contributed by atoms with E-state index in [1.54, 1.807) is 35.2 Å². The Balaban J connectivity index is 1.76. The lowest BCUT2D eigenvalue weighted by Gasteiger charge is -2.22. The summed E-state index contributed by atoms with van der Waals surface area (Å²) in [5.74, 6) is 1.01. The zero-order valence-electron chi connectivity index (χ0n) is 20.6. The van der Waals surface area contributed by atoms with E-state index in [2.05, 4.69) is 29.9 Å². The van der Waals surface area contributed by atoms with Crippen LogP contribution in [0.15, 0.2) is 54.9 Å². The second-order valence-electron chi connectivity index (χ2n) is 8.21. The van der Waals surface area contributed by atoms with Gasteiger partial charge in [0, 0.05) is 25.6 Å². The molecule has 0 fully saturated rings. The number of anilines is 1. The highest BCUT2D eigenvalue weighted by atomic mass is 32.2. The number of hydrogen-bond donors (Lipinski definition) is 1. The van der Waals surface area contributed by atoms with Crippen molar-refractivity contribution in [1.29, 1.82) is 0 Å². The third kappa shape index (κ3) is 5.19. The van der Waals surface area contributed by atoms with E-state index in [0.717, 1.165) is 11.1 Å². The lowest BCUT2D eigenvalue weighted by Crippen LogP contribution is -2.33. The fourth-order valence-electron chi connectivity index (χ4n) is 3.62. The van der Waals surface area contributed by atoms with Gasteiger partial charge in [0.05, 0.1) is 12.8 Å². The van der Waals surface area contributed by atoms with Gasteiger partial charge in [0.2, 0.25) is 21.9 Å². The molecule has 2 atom stereocenters. The Bertz CT molecular complexity index is 1460. The zero-order chi connectivity index (χ0) is 25.9. The third-order valence-corrected chi connectivity index (χ3v) is 7.24. The standard InChI is InChI=1S/C24H27N7O4S/c1-15-8-6-9-18(12-15)31-23(19-10-7-11-20(27-19)34-4)28-29-24(31)30-36(32,33)17(3)21(35-5)22-25-13-16(2)14-26-22/h6-14,17,21H,1-5H3,(H,29,30)/t17-,21-/m0/s1. The monoisotopic (exact) mass is 509 g/mol. The second kappa shape index (κ2) is 10.4. The van der Waals surface area contributed by atoms with Gasteiger partial charge in [0.25, 0.3) is 0 Å². The first-order chi connectivity index (χ1) is 17.2. The summed E-state index contributed by atoms with van der Waals surface area (Å²) in [7, 11) is -1.09. The quantitative estimate of drug-likeness (QED) is 0.361. The number of pyridine rings is 1. The maximum Gasteiger partial charge on any atom is 0.243 e. The normalized spacial score (nSPS) is 13.2. The van der Waals surface area contributed by atoms with Gasteiger partial charge in [-0.3, -0.25) is 9.29 Å². The Morgan fingerprint density at radius 2 is 1.69 bits per heavy atom. The molecule has 0 radical (unpaired) electrons. The smallest absolute Gasteiger partial charge is 0.243 e. The number of aromatic nitrogens is 6. The van der Waals surface area contributed by atoms with Gasteiger partial charge in [-0.25, -0.2) is 23.4 Å². The molecule has 0 aliphatic heterocycles. The van der Waals surface area contributed by atoms with Crippen LogP contribution in [0.25, 0.3) is 17.2 Å². The second-order valence-corrected chi connectivity index (χ2v) is 10.3. The van der Waals surface area contributed by atoms with Crippen molar-refractivity contribution >= 4 is 16.0 Å². The lowest BCUT2D eigenvalue weighted by atomic mass is 10.2. The molecule has 12 heteroatoms. The SMILES string of the molecule is COc1cccc(-c2nnc(NS(=O)(=O)[C@@H](C)[C@H](OC)c3ncc(C)cn3)n2-c2cccc(C)c2)n1. The molecule has 0 spiro atoms. The Morgan fingerprint density at radius 3 is 2.36 bits per heavy atom. The van der Waals surface area contributed by atoms with Crippen LogP contribution in [0.3, 0.4) is 0 Å². The number of nitrogens with one attached hydrogen (secondary N) is 1. The van der Waals surface area contributed by atoms with Gasteiger partial charge in [0.1, 0.15) is 17.0 Å². The van der Waals surface area contributed by atoms with Crippen molar-refractivity contribution in [3.8, 4) is 23.1 Å². The van der Waals surface area contributed by atoms with E-state index >= 15 is 0 Å². The van der Waals surface area contributed by atoms with Crippen LogP contribution >= 0.6 is 0 Å². The molecule has 11 nitrogen and oxygen atoms in total. The number of nitrogens with zero attached hydrogens (tertiary/aromatic N) is 6. The molecule has 0 aliphatic carbocycles. The minimum Gasteiger partial charge on any atom is -0.481 e. The van der Waals surface area contributed by atoms with Crippen molar-refractivity contribution in [2.24, 2.45) is 0 Å². The van der Waals surface area contributed by atoms with Crippen molar-refractivity contribution in [1.82, 2.24) is 29.7 Å². The van der Waals surface area contributed by atoms with Crippen molar-refractivity contribution < 1.29 is 17.9 Å². The zero-order valence-corrected chi connectivity index (χ0v) is 21.4. The summed E-state index contributed by atoms with van der Waals surface area (Å²) in [6, 6.07) is 12.8. The van der Waals surface area contributed by atoms with Crippen LogP contribution in [0.5, 0.6) is 5.88 Å². The molecule has 0 unspecified atom stereocenters. The fourth-order valence-corrected chi connectivity index (χ4v) is 4.75. The Morgan fingerprint density at radius 1 is 0.972 bits per heavy atom. The average Bonchev–Trinajstić information content (AvgIpc) is 3.28. The first kappa shape index (κ1) is 25.2. The number of aryl methyl sites for hydroxylation is 2. The van der Waals surface area contributed by atoms with Crippen LogP contribution in [-0.4, -0.2) is 57.6 Å². The summed E-state index contributed by atoms with van der Waals surface area (Å²) in [5.41, 5.74) is 2.95. The van der Waals surface area contributed by atoms with Gasteiger partial charge in [0.15, 0.2) is 11.6 Å². The van der Waals surface area contributed by atoms with E-state index < -0.39 is 21.4 Å². The molecule has 1 aromatic carbocycles. The number of methoxy groups -OCH3 is 2. The molecule has 0 saturated carbocycles. The van der Waals surface area contributed by atoms with E-state index in [1.807, 2.05) is 38.1 Å². The third-order valence-electron chi connectivity index (χ3n) is 5.54. The molecular weight excluding hydrogens is 482 g/mol. The molecule has 3 aromatic heterocycles. The van der Waals surface area contributed by atoms with Crippen LogP contribution in [-0.2, 0) is 14.8 Å². The van der Waals surface area contributed by atoms with Crippen molar-refractivity contribution in [2.45, 2.75) is 32.1 Å². The van der Waals surface area contributed by atoms with Crippen LogP contribution in [0.1, 0.15) is 30.0 Å². The Hall–Kier alpha value is -3.90. The van der Waals surface area contributed by atoms with Gasteiger partial charge in [-0.05, 0) is 50.1 Å². The summed E-state index contributed by atoms with van der Waals surface area (Å²) in [6.07, 6.45) is 2.32. The van der Waals surface area contributed by atoms with Crippen LogP contribution in [0.4, 0.5) is 5.95 Å². The largest absolute Gasteiger partial charge is 0.481 e. The topological polar surface area (TPSA) is 134 Å². The number of ether oxygens (including phenoxy) is 2. The van der Waals surface area contributed by atoms with Gasteiger partial charge >= 0.3 is 0 Å². The first-order valence-electron chi connectivity index (χ1n) is 11.1. The average molecular weight is 510 g/mol. The van der Waals surface area contributed by atoms with E-state index in [9.17, 15) is 8.42 Å². The van der Waals surface area contributed by atoms with Gasteiger partial charge in [-0.2, -0.15) is 0 Å². The van der Waals surface area contributed by atoms with E-state index in [0.29, 0.717) is 23.1 Å². The molecular formula is C24H27N7O4S. The Labute approximate surface area is 209 Å². The van der Waals surface area contributed by atoms with Crippen LogP contribution < -0.4 is 9.46 Å². The molecule has 3 heterocycles. The molecule has 188 valence electrons. The maximum atomic E-state index is 13.5. The number of hydrogen-bond acceptors (Lipinski definition) is 9. The minimum absolute atomic E-state index is 0.00625. The highest BCUT2D eigenvalue weighted by Crippen LogP contribution is 2.29. The Kier molecular flexibility index (Phi) is 7.27. The maximum absolute atomic E-state index is 13.5. The lowest BCUT2D eigenvalue weighted by molar-refractivity contribution is 0.0949. The van der Waals surface area contributed by atoms with E-state index in [1.165, 1.54) is 21.1 Å². The summed E-state index contributed by atoms with van der Waals surface area (Å²) in [4.78, 5) is 12.9. The molecule has 1 N–H and O–H groups in total. The van der Waals surface area contributed by atoms with Gasteiger partial charge < -0.3 is 9.47 Å². The molecule has 0 amide bonds. The van der Waals surface area contributed by atoms with Crippen LogP contribution in [0.2, 0.25) is 0 Å². The highest BCUT2D eigenvalue weighted by Gasteiger charge is 2.34. The van der Waals surface area contributed by atoms with Gasteiger partial charge in [-0.1, -0.05) is 18.2 Å². The molecule has 0 saturated heterocycles. The predicted molar refractivity (Wildman–Crippen MR) is 134 cm³/mol. The predicted octanol–water partition coefficient (Wildman–Crippen LogP) is 3.26. The highest BCUT2D eigenvalue weighted by molar-refractivity contribution is 7.93. The minimum atomic E-state index is -4.03. The van der Waals surface area contributed by atoms with E-state index in [-0.39, 0.29) is 11.8 Å². The van der Waals surface area contributed by atoms with E-state index in [4.69, 9.17) is 9.47 Å². The summed E-state index contributed by atoms with van der Waals surface area (Å²) in [5, 5.41) is 7.37. The summed E-state index contributed by atoms with van der Waals surface area (Å²) >= 11 is 0.